The molecule has 0 aromatic carbocycles. The van der Waals surface area contributed by atoms with Crippen molar-refractivity contribution in [3.63, 3.8) is 0 Å². The lowest BCUT2D eigenvalue weighted by Crippen LogP contribution is -2.47. The average molecular weight is 336 g/mol. The van der Waals surface area contributed by atoms with Crippen molar-refractivity contribution < 1.29 is 4.79 Å². The minimum absolute atomic E-state index is 0. The maximum Gasteiger partial charge on any atom is 0.228 e. The van der Waals surface area contributed by atoms with Crippen LogP contribution in [-0.4, -0.2) is 33.8 Å². The first-order valence-corrected chi connectivity index (χ1v) is 7.04. The van der Waals surface area contributed by atoms with Crippen LogP contribution in [0.1, 0.15) is 31.5 Å². The second kappa shape index (κ2) is 7.42. The molecule has 1 aliphatic carbocycles. The highest BCUT2D eigenvalue weighted by Crippen LogP contribution is 2.43. The number of nitrogens with one attached hydrogen (secondary N) is 2. The van der Waals surface area contributed by atoms with Crippen molar-refractivity contribution >= 4 is 30.7 Å². The third-order valence-corrected chi connectivity index (χ3v) is 4.70. The van der Waals surface area contributed by atoms with Gasteiger partial charge in [0.25, 0.3) is 0 Å². The standard InChI is InChI=1S/C13H21N5O.2ClH/c1-18-9-16-17-11(18)7-15-12(19)13-5-3-2-4-10(13)6-14-8-13;;/h9-10,14H,2-8H2,1H3,(H,15,19);2*1H/t10-,13+;;/m0../s1. The second-order valence-electron chi connectivity index (χ2n) is 5.77. The Hall–Kier alpha value is -0.850. The fourth-order valence-corrected chi connectivity index (χ4v) is 3.49. The van der Waals surface area contributed by atoms with Crippen LogP contribution in [0.15, 0.2) is 6.33 Å². The summed E-state index contributed by atoms with van der Waals surface area (Å²) >= 11 is 0. The van der Waals surface area contributed by atoms with Crippen molar-refractivity contribution in [1.82, 2.24) is 25.4 Å². The molecule has 1 saturated heterocycles. The average Bonchev–Trinajstić information content (AvgIpc) is 3.02. The minimum atomic E-state index is -0.184. The largest absolute Gasteiger partial charge is 0.348 e. The van der Waals surface area contributed by atoms with Gasteiger partial charge in [-0.1, -0.05) is 12.8 Å². The lowest BCUT2D eigenvalue weighted by Gasteiger charge is -2.37. The molecule has 8 heteroatoms. The SMILES string of the molecule is Cl.Cl.Cn1cnnc1CNC(=O)[C@@]12CCCC[C@H]1CNC2. The van der Waals surface area contributed by atoms with E-state index in [1.165, 1.54) is 12.8 Å². The second-order valence-corrected chi connectivity index (χ2v) is 5.77. The summed E-state index contributed by atoms with van der Waals surface area (Å²) in [5, 5.41) is 14.3. The number of carbonyl (C=O) groups excluding carboxylic acids is 1. The maximum atomic E-state index is 12.6. The number of amides is 1. The lowest BCUT2D eigenvalue weighted by molar-refractivity contribution is -0.134. The van der Waals surface area contributed by atoms with E-state index in [2.05, 4.69) is 20.8 Å². The predicted octanol–water partition coefficient (Wildman–Crippen LogP) is 1.05. The molecule has 0 unspecified atom stereocenters. The Balaban J connectivity index is 0.00000110. The highest BCUT2D eigenvalue weighted by Gasteiger charge is 2.49. The third-order valence-electron chi connectivity index (χ3n) is 4.70. The quantitative estimate of drug-likeness (QED) is 0.866. The van der Waals surface area contributed by atoms with Crippen molar-refractivity contribution in [3.8, 4) is 0 Å². The van der Waals surface area contributed by atoms with Crippen LogP contribution < -0.4 is 10.6 Å². The van der Waals surface area contributed by atoms with E-state index in [0.717, 1.165) is 31.8 Å². The number of carbonyl (C=O) groups is 1. The number of hydrogen-bond acceptors (Lipinski definition) is 4. The van der Waals surface area contributed by atoms with E-state index >= 15 is 0 Å². The Labute approximate surface area is 137 Å². The fraction of sp³-hybridized carbons (Fsp3) is 0.769. The number of hydrogen-bond donors (Lipinski definition) is 2. The molecule has 1 aromatic heterocycles. The predicted molar refractivity (Wildman–Crippen MR) is 84.6 cm³/mol. The maximum absolute atomic E-state index is 12.6. The fourth-order valence-electron chi connectivity index (χ4n) is 3.49. The molecule has 1 saturated carbocycles. The van der Waals surface area contributed by atoms with E-state index < -0.39 is 0 Å². The van der Waals surface area contributed by atoms with Crippen LogP contribution in [0.3, 0.4) is 0 Å². The van der Waals surface area contributed by atoms with E-state index in [4.69, 9.17) is 0 Å². The van der Waals surface area contributed by atoms with Crippen molar-refractivity contribution in [3.05, 3.63) is 12.2 Å². The zero-order chi connectivity index (χ0) is 13.3. The van der Waals surface area contributed by atoms with Crippen LogP contribution in [0, 0.1) is 11.3 Å². The highest BCUT2D eigenvalue weighted by atomic mass is 35.5. The summed E-state index contributed by atoms with van der Waals surface area (Å²) in [6.07, 6.45) is 6.25. The van der Waals surface area contributed by atoms with Crippen molar-refractivity contribution in [2.45, 2.75) is 32.2 Å². The summed E-state index contributed by atoms with van der Waals surface area (Å²) in [4.78, 5) is 12.6. The summed E-state index contributed by atoms with van der Waals surface area (Å²) in [7, 11) is 1.89. The molecule has 6 nitrogen and oxygen atoms in total. The monoisotopic (exact) mass is 335 g/mol. The van der Waals surface area contributed by atoms with Crippen LogP contribution in [0.5, 0.6) is 0 Å². The van der Waals surface area contributed by atoms with E-state index in [9.17, 15) is 4.79 Å². The van der Waals surface area contributed by atoms with Crippen LogP contribution in [0.4, 0.5) is 0 Å². The molecule has 1 aliphatic heterocycles. The summed E-state index contributed by atoms with van der Waals surface area (Å²) in [5.41, 5.74) is -0.184. The van der Waals surface area contributed by atoms with Gasteiger partial charge in [-0.2, -0.15) is 0 Å². The number of aryl methyl sites for hydroxylation is 1. The van der Waals surface area contributed by atoms with Crippen molar-refractivity contribution in [2.75, 3.05) is 13.1 Å². The van der Waals surface area contributed by atoms with Gasteiger partial charge >= 0.3 is 0 Å². The van der Waals surface area contributed by atoms with Crippen molar-refractivity contribution in [1.29, 1.82) is 0 Å². The van der Waals surface area contributed by atoms with Gasteiger partial charge in [0.15, 0.2) is 5.82 Å². The van der Waals surface area contributed by atoms with E-state index in [1.54, 1.807) is 6.33 Å². The molecule has 2 aliphatic rings. The lowest BCUT2D eigenvalue weighted by atomic mass is 9.67. The highest BCUT2D eigenvalue weighted by molar-refractivity contribution is 5.85. The minimum Gasteiger partial charge on any atom is -0.348 e. The first-order chi connectivity index (χ1) is 9.22. The summed E-state index contributed by atoms with van der Waals surface area (Å²) in [5.74, 6) is 1.48. The topological polar surface area (TPSA) is 71.8 Å². The van der Waals surface area contributed by atoms with Gasteiger partial charge in [-0.25, -0.2) is 0 Å². The summed E-state index contributed by atoms with van der Waals surface area (Å²) < 4.78 is 1.84. The molecule has 0 bridgehead atoms. The number of fused-ring (bicyclic) bond motifs is 1. The van der Waals surface area contributed by atoms with Crippen LogP contribution in [-0.2, 0) is 18.4 Å². The molecule has 2 atom stereocenters. The Morgan fingerprint density at radius 1 is 1.52 bits per heavy atom. The van der Waals surface area contributed by atoms with E-state index in [1.807, 2.05) is 11.6 Å². The van der Waals surface area contributed by atoms with Gasteiger partial charge in [-0.15, -0.1) is 35.0 Å². The Morgan fingerprint density at radius 3 is 3.05 bits per heavy atom. The molecule has 21 heavy (non-hydrogen) atoms. The molecular weight excluding hydrogens is 313 g/mol. The molecule has 120 valence electrons. The van der Waals surface area contributed by atoms with E-state index in [-0.39, 0.29) is 36.1 Å². The Kier molecular flexibility index (Phi) is 6.43. The zero-order valence-electron chi connectivity index (χ0n) is 12.2. The number of halogens is 2. The molecule has 2 heterocycles. The first kappa shape index (κ1) is 18.2. The van der Waals surface area contributed by atoms with Crippen LogP contribution in [0.2, 0.25) is 0 Å². The van der Waals surface area contributed by atoms with Crippen molar-refractivity contribution in [2.24, 2.45) is 18.4 Å². The van der Waals surface area contributed by atoms with Crippen LogP contribution >= 0.6 is 24.8 Å². The molecule has 3 rings (SSSR count). The summed E-state index contributed by atoms with van der Waals surface area (Å²) in [6, 6.07) is 0. The van der Waals surface area contributed by atoms with Gasteiger partial charge in [0.1, 0.15) is 6.33 Å². The van der Waals surface area contributed by atoms with Gasteiger partial charge in [-0.3, -0.25) is 4.79 Å². The van der Waals surface area contributed by atoms with Gasteiger partial charge in [0.05, 0.1) is 12.0 Å². The van der Waals surface area contributed by atoms with Gasteiger partial charge in [-0.05, 0) is 25.3 Å². The molecule has 0 radical (unpaired) electrons. The van der Waals surface area contributed by atoms with Gasteiger partial charge in [0.2, 0.25) is 5.91 Å². The molecule has 1 amide bonds. The van der Waals surface area contributed by atoms with Gasteiger partial charge < -0.3 is 15.2 Å². The van der Waals surface area contributed by atoms with Gasteiger partial charge in [0, 0.05) is 13.6 Å². The summed E-state index contributed by atoms with van der Waals surface area (Å²) in [6.45, 7) is 2.27. The normalized spacial score (nSPS) is 27.2. The van der Waals surface area contributed by atoms with Crippen LogP contribution in [0.25, 0.3) is 0 Å². The molecule has 0 spiro atoms. The Morgan fingerprint density at radius 2 is 2.33 bits per heavy atom. The van der Waals surface area contributed by atoms with E-state index in [0.29, 0.717) is 12.5 Å². The molecule has 2 fully saturated rings. The zero-order valence-corrected chi connectivity index (χ0v) is 13.8. The number of aromatic nitrogens is 3. The number of nitrogens with zero attached hydrogens (tertiary/aromatic N) is 3. The third kappa shape index (κ3) is 3.33. The Bertz CT molecular complexity index is 481. The number of rotatable bonds is 3. The molecule has 1 aromatic rings. The molecule has 2 N–H and O–H groups in total. The first-order valence-electron chi connectivity index (χ1n) is 7.04. The smallest absolute Gasteiger partial charge is 0.228 e. The molecular formula is C13H23Cl2N5O.